The lowest BCUT2D eigenvalue weighted by molar-refractivity contribution is -0.142. The molecule has 96 valence electrons. The van der Waals surface area contributed by atoms with Gasteiger partial charge in [0, 0.05) is 5.92 Å². The van der Waals surface area contributed by atoms with Gasteiger partial charge in [-0.15, -0.1) is 0 Å². The van der Waals surface area contributed by atoms with Crippen LogP contribution in [0.5, 0.6) is 0 Å². The maximum atomic E-state index is 11.9. The van der Waals surface area contributed by atoms with Crippen LogP contribution in [0, 0.1) is 5.92 Å². The van der Waals surface area contributed by atoms with E-state index >= 15 is 0 Å². The van der Waals surface area contributed by atoms with Gasteiger partial charge in [-0.3, -0.25) is 4.90 Å². The summed E-state index contributed by atoms with van der Waals surface area (Å²) >= 11 is 0. The van der Waals surface area contributed by atoms with Gasteiger partial charge in [-0.2, -0.15) is 0 Å². The van der Waals surface area contributed by atoms with Crippen LogP contribution >= 0.6 is 0 Å². The Balaban J connectivity index is 2.15. The molecule has 1 saturated carbocycles. The number of ether oxygens (including phenoxy) is 1. The fraction of sp³-hybridized carbons (Fsp3) is 0.818. The second kappa shape index (κ2) is 3.60. The Kier molecular flexibility index (Phi) is 2.57. The standard InChI is InChI=1S/C11H17NO5/c1-11(2,3)17-10(16)12-6-4-5(8(6)13)7(12)9(14)15/h5-8,13H,4H2,1-3H3,(H,14,15)/t5-,6-,7?,8?/m1/s1. The summed E-state index contributed by atoms with van der Waals surface area (Å²) in [4.78, 5) is 24.2. The van der Waals surface area contributed by atoms with E-state index in [1.165, 1.54) is 4.90 Å². The maximum Gasteiger partial charge on any atom is 0.411 e. The summed E-state index contributed by atoms with van der Waals surface area (Å²) in [6, 6.07) is -1.36. The monoisotopic (exact) mass is 243 g/mol. The fourth-order valence-corrected chi connectivity index (χ4v) is 2.52. The minimum atomic E-state index is -1.08. The average Bonchev–Trinajstić information content (AvgIpc) is 2.66. The zero-order valence-electron chi connectivity index (χ0n) is 10.1. The summed E-state index contributed by atoms with van der Waals surface area (Å²) in [5, 5.41) is 18.8. The van der Waals surface area contributed by atoms with Gasteiger partial charge in [0.15, 0.2) is 0 Å². The first-order valence-corrected chi connectivity index (χ1v) is 5.64. The highest BCUT2D eigenvalue weighted by atomic mass is 16.6. The number of aliphatic carboxylic acids is 1. The first-order chi connectivity index (χ1) is 7.72. The molecule has 0 aromatic rings. The van der Waals surface area contributed by atoms with Gasteiger partial charge in [-0.05, 0) is 27.2 Å². The highest BCUT2D eigenvalue weighted by molar-refractivity contribution is 5.83. The van der Waals surface area contributed by atoms with Crippen molar-refractivity contribution in [2.24, 2.45) is 5.92 Å². The Hall–Kier alpha value is -1.30. The van der Waals surface area contributed by atoms with E-state index in [4.69, 9.17) is 9.84 Å². The summed E-state index contributed by atoms with van der Waals surface area (Å²) < 4.78 is 5.16. The summed E-state index contributed by atoms with van der Waals surface area (Å²) in [6.45, 7) is 5.16. The number of carboxylic acids is 1. The number of hydrogen-bond donors (Lipinski definition) is 2. The number of rotatable bonds is 1. The number of carbonyl (C=O) groups is 2. The van der Waals surface area contributed by atoms with Crippen molar-refractivity contribution >= 4 is 12.1 Å². The molecule has 2 bridgehead atoms. The first-order valence-electron chi connectivity index (χ1n) is 5.64. The van der Waals surface area contributed by atoms with Crippen LogP contribution in [0.3, 0.4) is 0 Å². The molecule has 0 spiro atoms. The quantitative estimate of drug-likeness (QED) is 0.697. The lowest BCUT2D eigenvalue weighted by atomic mass is 9.79. The Morgan fingerprint density at radius 1 is 1.35 bits per heavy atom. The van der Waals surface area contributed by atoms with Gasteiger partial charge in [0.25, 0.3) is 0 Å². The summed E-state index contributed by atoms with van der Waals surface area (Å²) in [5.41, 5.74) is -0.669. The van der Waals surface area contributed by atoms with Crippen LogP contribution in [0.15, 0.2) is 0 Å². The number of carboxylic acid groups (broad SMARTS) is 1. The van der Waals surface area contributed by atoms with E-state index in [9.17, 15) is 14.7 Å². The number of fused-ring (bicyclic) bond motifs is 1. The van der Waals surface area contributed by atoms with Gasteiger partial charge in [0.05, 0.1) is 12.1 Å². The van der Waals surface area contributed by atoms with Gasteiger partial charge < -0.3 is 14.9 Å². The molecule has 3 aliphatic rings. The Labute approximate surface area is 99.2 Å². The van der Waals surface area contributed by atoms with E-state index in [0.29, 0.717) is 6.42 Å². The Morgan fingerprint density at radius 2 is 1.94 bits per heavy atom. The number of carbonyl (C=O) groups excluding carboxylic acids is 1. The molecule has 0 radical (unpaired) electrons. The molecule has 2 saturated heterocycles. The number of nitrogens with zero attached hydrogens (tertiary/aromatic N) is 1. The third-order valence-corrected chi connectivity index (χ3v) is 3.27. The molecule has 2 heterocycles. The van der Waals surface area contributed by atoms with E-state index in [1.54, 1.807) is 20.8 Å². The molecule has 2 N–H and O–H groups in total. The van der Waals surface area contributed by atoms with Crippen molar-refractivity contribution in [2.75, 3.05) is 0 Å². The Morgan fingerprint density at radius 3 is 2.35 bits per heavy atom. The molecule has 6 heteroatoms. The second-order valence-corrected chi connectivity index (χ2v) is 5.63. The molecule has 2 unspecified atom stereocenters. The zero-order valence-corrected chi connectivity index (χ0v) is 10.1. The molecule has 17 heavy (non-hydrogen) atoms. The molecule has 4 atom stereocenters. The topological polar surface area (TPSA) is 87.1 Å². The van der Waals surface area contributed by atoms with Crippen molar-refractivity contribution in [1.82, 2.24) is 4.90 Å². The van der Waals surface area contributed by atoms with Crippen LogP contribution in [0.1, 0.15) is 27.2 Å². The molecule has 1 amide bonds. The number of aliphatic hydroxyl groups excluding tert-OH is 1. The third kappa shape index (κ3) is 1.86. The van der Waals surface area contributed by atoms with Crippen LogP contribution in [-0.4, -0.2) is 51.0 Å². The van der Waals surface area contributed by atoms with Gasteiger partial charge in [-0.25, -0.2) is 9.59 Å². The number of aliphatic hydroxyl groups is 1. The molecule has 2 aliphatic heterocycles. The van der Waals surface area contributed by atoms with Crippen molar-refractivity contribution in [3.63, 3.8) is 0 Å². The van der Waals surface area contributed by atoms with Gasteiger partial charge in [0.2, 0.25) is 0 Å². The maximum absolute atomic E-state index is 11.9. The number of hydrogen-bond acceptors (Lipinski definition) is 4. The van der Waals surface area contributed by atoms with Crippen LogP contribution in [0.4, 0.5) is 4.79 Å². The minimum Gasteiger partial charge on any atom is -0.480 e. The van der Waals surface area contributed by atoms with Crippen molar-refractivity contribution in [1.29, 1.82) is 0 Å². The van der Waals surface area contributed by atoms with Crippen molar-refractivity contribution < 1.29 is 24.5 Å². The molecule has 0 aromatic carbocycles. The van der Waals surface area contributed by atoms with Crippen LogP contribution in [-0.2, 0) is 9.53 Å². The van der Waals surface area contributed by atoms with E-state index in [2.05, 4.69) is 0 Å². The summed E-state index contributed by atoms with van der Waals surface area (Å²) in [5.74, 6) is -1.44. The van der Waals surface area contributed by atoms with E-state index in [0.717, 1.165) is 0 Å². The summed E-state index contributed by atoms with van der Waals surface area (Å²) in [7, 11) is 0. The fourth-order valence-electron chi connectivity index (χ4n) is 2.52. The normalized spacial score (nSPS) is 35.4. The lowest BCUT2D eigenvalue weighted by Crippen LogP contribution is -2.47. The average molecular weight is 243 g/mol. The number of amides is 1. The molecule has 3 fully saturated rings. The van der Waals surface area contributed by atoms with Crippen molar-refractivity contribution in [3.8, 4) is 0 Å². The zero-order chi connectivity index (χ0) is 13.0. The van der Waals surface area contributed by atoms with E-state index in [-0.39, 0.29) is 5.92 Å². The van der Waals surface area contributed by atoms with Crippen molar-refractivity contribution in [3.05, 3.63) is 0 Å². The van der Waals surface area contributed by atoms with Crippen molar-refractivity contribution in [2.45, 2.75) is 51.0 Å². The van der Waals surface area contributed by atoms with Crippen LogP contribution in [0.25, 0.3) is 0 Å². The molecule has 1 aliphatic carbocycles. The van der Waals surface area contributed by atoms with Crippen LogP contribution in [0.2, 0.25) is 0 Å². The first kappa shape index (κ1) is 12.2. The lowest BCUT2D eigenvalue weighted by Gasteiger charge is -2.32. The molecule has 6 nitrogen and oxygen atoms in total. The van der Waals surface area contributed by atoms with Gasteiger partial charge in [-0.1, -0.05) is 0 Å². The largest absolute Gasteiger partial charge is 0.480 e. The predicted molar refractivity (Wildman–Crippen MR) is 57.4 cm³/mol. The van der Waals surface area contributed by atoms with E-state index < -0.39 is 35.9 Å². The second-order valence-electron chi connectivity index (χ2n) is 5.63. The highest BCUT2D eigenvalue weighted by Gasteiger charge is 2.63. The van der Waals surface area contributed by atoms with Gasteiger partial charge >= 0.3 is 12.1 Å². The third-order valence-electron chi connectivity index (χ3n) is 3.27. The summed E-state index contributed by atoms with van der Waals surface area (Å²) in [6.07, 6.45) is -0.852. The Bertz CT molecular complexity index is 361. The van der Waals surface area contributed by atoms with E-state index in [1.807, 2.05) is 0 Å². The predicted octanol–water partition coefficient (Wildman–Crippen LogP) is 0.440. The molecular weight excluding hydrogens is 226 g/mol. The van der Waals surface area contributed by atoms with Gasteiger partial charge in [0.1, 0.15) is 11.6 Å². The molecule has 3 rings (SSSR count). The molecular formula is C11H17NO5. The van der Waals surface area contributed by atoms with Crippen LogP contribution < -0.4 is 0 Å². The smallest absolute Gasteiger partial charge is 0.411 e. The SMILES string of the molecule is CC(C)(C)OC(=O)N1C(C(=O)O)[C@H]2C[C@@H]1C2O. The molecule has 0 aromatic heterocycles. The highest BCUT2D eigenvalue weighted by Crippen LogP contribution is 2.46. The minimum absolute atomic E-state index is 0.356.